The third-order valence-corrected chi connectivity index (χ3v) is 5.00. The molecule has 2 aromatic rings. The van der Waals surface area contributed by atoms with Crippen molar-refractivity contribution in [3.8, 4) is 5.75 Å². The normalized spacial score (nSPS) is 16.6. The first-order valence-electron chi connectivity index (χ1n) is 9.74. The van der Waals surface area contributed by atoms with Gasteiger partial charge in [-0.25, -0.2) is 4.79 Å². The Labute approximate surface area is 165 Å². The largest absolute Gasteiger partial charge is 0.491 e. The van der Waals surface area contributed by atoms with Crippen molar-refractivity contribution in [1.29, 1.82) is 0 Å². The number of nitrogens with zero attached hydrogens (tertiary/aromatic N) is 1. The smallest absolute Gasteiger partial charge is 0.335 e. The topological polar surface area (TPSA) is 82.0 Å². The molecular formula is C22H28N2O4. The third-order valence-electron chi connectivity index (χ3n) is 5.00. The average molecular weight is 384 g/mol. The van der Waals surface area contributed by atoms with Gasteiger partial charge in [0.2, 0.25) is 0 Å². The maximum absolute atomic E-state index is 11.0. The number of piperidine rings is 1. The van der Waals surface area contributed by atoms with Crippen LogP contribution in [0.2, 0.25) is 0 Å². The number of aliphatic hydroxyl groups excluding tert-OH is 1. The predicted octanol–water partition coefficient (Wildman–Crippen LogP) is 2.38. The number of hydrogen-bond donors (Lipinski definition) is 3. The molecule has 6 heteroatoms. The van der Waals surface area contributed by atoms with E-state index < -0.39 is 12.1 Å². The summed E-state index contributed by atoms with van der Waals surface area (Å²) in [4.78, 5) is 13.4. The molecule has 2 aromatic carbocycles. The Morgan fingerprint density at radius 3 is 2.61 bits per heavy atom. The molecule has 1 heterocycles. The lowest BCUT2D eigenvalue weighted by Crippen LogP contribution is -2.45. The molecule has 0 spiro atoms. The van der Waals surface area contributed by atoms with E-state index in [1.54, 1.807) is 12.1 Å². The van der Waals surface area contributed by atoms with Crippen LogP contribution in [-0.4, -0.2) is 59.5 Å². The van der Waals surface area contributed by atoms with Crippen molar-refractivity contribution in [3.63, 3.8) is 0 Å². The molecule has 1 aliphatic heterocycles. The number of benzene rings is 2. The molecule has 0 aromatic heterocycles. The van der Waals surface area contributed by atoms with Gasteiger partial charge in [-0.3, -0.25) is 4.90 Å². The summed E-state index contributed by atoms with van der Waals surface area (Å²) in [5, 5.41) is 22.6. The highest BCUT2D eigenvalue weighted by Crippen LogP contribution is 2.15. The van der Waals surface area contributed by atoms with Gasteiger partial charge < -0.3 is 20.3 Å². The minimum atomic E-state index is -0.994. The van der Waals surface area contributed by atoms with E-state index in [0.29, 0.717) is 18.3 Å². The average Bonchev–Trinajstić information content (AvgIpc) is 2.73. The number of carbonyl (C=O) groups is 1. The van der Waals surface area contributed by atoms with Gasteiger partial charge in [0.05, 0.1) is 5.56 Å². The molecule has 0 amide bonds. The summed E-state index contributed by atoms with van der Waals surface area (Å²) in [5.41, 5.74) is 1.51. The monoisotopic (exact) mass is 384 g/mol. The Balaban J connectivity index is 1.33. The SMILES string of the molecule is O=C(O)c1cccc(OC[C@@H](O)CNC2CCN(Cc3ccccc3)CC2)c1. The lowest BCUT2D eigenvalue weighted by molar-refractivity contribution is 0.0696. The standard InChI is InChI=1S/C22H28N2O4/c25-20(16-28-21-8-4-7-18(13-21)22(26)27)14-23-19-9-11-24(12-10-19)15-17-5-2-1-3-6-17/h1-8,13,19-20,23,25H,9-12,14-16H2,(H,26,27)/t20-/m0/s1. The van der Waals surface area contributed by atoms with Gasteiger partial charge in [-0.1, -0.05) is 36.4 Å². The molecule has 0 bridgehead atoms. The Hall–Kier alpha value is -2.41. The molecular weight excluding hydrogens is 356 g/mol. The van der Waals surface area contributed by atoms with Gasteiger partial charge in [0, 0.05) is 19.1 Å². The highest BCUT2D eigenvalue weighted by atomic mass is 16.5. The molecule has 1 atom stereocenters. The van der Waals surface area contributed by atoms with Crippen molar-refractivity contribution >= 4 is 5.97 Å². The number of aromatic carboxylic acids is 1. The molecule has 1 saturated heterocycles. The van der Waals surface area contributed by atoms with Gasteiger partial charge >= 0.3 is 5.97 Å². The fraction of sp³-hybridized carbons (Fsp3) is 0.409. The summed E-state index contributed by atoms with van der Waals surface area (Å²) in [5.74, 6) is -0.542. The molecule has 150 valence electrons. The number of hydrogen-bond acceptors (Lipinski definition) is 5. The minimum absolute atomic E-state index is 0.128. The summed E-state index contributed by atoms with van der Waals surface area (Å²) in [6.07, 6.45) is 1.47. The fourth-order valence-electron chi connectivity index (χ4n) is 3.41. The quantitative estimate of drug-likeness (QED) is 0.616. The van der Waals surface area contributed by atoms with Crippen molar-refractivity contribution in [2.45, 2.75) is 31.5 Å². The van der Waals surface area contributed by atoms with E-state index in [9.17, 15) is 9.90 Å². The van der Waals surface area contributed by atoms with Gasteiger partial charge in [0.1, 0.15) is 18.5 Å². The van der Waals surface area contributed by atoms with Crippen LogP contribution in [0.5, 0.6) is 5.75 Å². The summed E-state index contributed by atoms with van der Waals surface area (Å²) in [6, 6.07) is 17.2. The Bertz CT molecular complexity index is 745. The Morgan fingerprint density at radius 2 is 1.89 bits per heavy atom. The highest BCUT2D eigenvalue weighted by Gasteiger charge is 2.19. The van der Waals surface area contributed by atoms with Crippen molar-refractivity contribution in [1.82, 2.24) is 10.2 Å². The Morgan fingerprint density at radius 1 is 1.14 bits per heavy atom. The van der Waals surface area contributed by atoms with Crippen LogP contribution in [0, 0.1) is 0 Å². The van der Waals surface area contributed by atoms with E-state index >= 15 is 0 Å². The van der Waals surface area contributed by atoms with Crippen molar-refractivity contribution in [2.24, 2.45) is 0 Å². The van der Waals surface area contributed by atoms with Crippen LogP contribution in [0.4, 0.5) is 0 Å². The lowest BCUT2D eigenvalue weighted by Gasteiger charge is -2.33. The fourth-order valence-corrected chi connectivity index (χ4v) is 3.41. The van der Waals surface area contributed by atoms with Crippen LogP contribution >= 0.6 is 0 Å². The Kier molecular flexibility index (Phi) is 7.42. The first kappa shape index (κ1) is 20.3. The number of likely N-dealkylation sites (tertiary alicyclic amines) is 1. The van der Waals surface area contributed by atoms with Gasteiger partial charge in [-0.15, -0.1) is 0 Å². The van der Waals surface area contributed by atoms with Crippen molar-refractivity contribution in [3.05, 3.63) is 65.7 Å². The van der Waals surface area contributed by atoms with E-state index in [1.807, 2.05) is 6.07 Å². The molecule has 0 radical (unpaired) electrons. The number of ether oxygens (including phenoxy) is 1. The van der Waals surface area contributed by atoms with E-state index in [-0.39, 0.29) is 12.2 Å². The number of carboxylic acid groups (broad SMARTS) is 1. The molecule has 28 heavy (non-hydrogen) atoms. The van der Waals surface area contributed by atoms with E-state index in [2.05, 4.69) is 34.5 Å². The molecule has 3 rings (SSSR count). The van der Waals surface area contributed by atoms with E-state index in [1.165, 1.54) is 17.7 Å². The van der Waals surface area contributed by atoms with Gasteiger partial charge in [-0.05, 0) is 49.7 Å². The first-order valence-corrected chi connectivity index (χ1v) is 9.74. The summed E-state index contributed by atoms with van der Waals surface area (Å²) < 4.78 is 5.52. The molecule has 0 saturated carbocycles. The van der Waals surface area contributed by atoms with Gasteiger partial charge in [0.15, 0.2) is 0 Å². The second-order valence-corrected chi connectivity index (χ2v) is 7.24. The molecule has 6 nitrogen and oxygen atoms in total. The van der Waals surface area contributed by atoms with E-state index in [0.717, 1.165) is 32.5 Å². The summed E-state index contributed by atoms with van der Waals surface area (Å²) in [7, 11) is 0. The second kappa shape index (κ2) is 10.2. The number of aliphatic hydroxyl groups is 1. The van der Waals surface area contributed by atoms with Crippen LogP contribution in [0.3, 0.4) is 0 Å². The zero-order chi connectivity index (χ0) is 19.8. The number of nitrogens with one attached hydrogen (secondary N) is 1. The maximum atomic E-state index is 11.0. The zero-order valence-electron chi connectivity index (χ0n) is 16.0. The maximum Gasteiger partial charge on any atom is 0.335 e. The van der Waals surface area contributed by atoms with Gasteiger partial charge in [0.25, 0.3) is 0 Å². The van der Waals surface area contributed by atoms with Crippen LogP contribution in [0.1, 0.15) is 28.8 Å². The molecule has 1 fully saturated rings. The predicted molar refractivity (Wildman–Crippen MR) is 108 cm³/mol. The van der Waals surface area contributed by atoms with Crippen molar-refractivity contribution in [2.75, 3.05) is 26.2 Å². The molecule has 3 N–H and O–H groups in total. The third kappa shape index (κ3) is 6.34. The molecule has 1 aliphatic rings. The second-order valence-electron chi connectivity index (χ2n) is 7.24. The molecule has 0 aliphatic carbocycles. The summed E-state index contributed by atoms with van der Waals surface area (Å²) in [6.45, 7) is 3.66. The first-order chi connectivity index (χ1) is 13.6. The minimum Gasteiger partial charge on any atom is -0.491 e. The van der Waals surface area contributed by atoms with Crippen LogP contribution in [0.25, 0.3) is 0 Å². The lowest BCUT2D eigenvalue weighted by atomic mass is 10.0. The summed E-state index contributed by atoms with van der Waals surface area (Å²) >= 11 is 0. The highest BCUT2D eigenvalue weighted by molar-refractivity contribution is 5.87. The number of carboxylic acids is 1. The zero-order valence-corrected chi connectivity index (χ0v) is 16.0. The van der Waals surface area contributed by atoms with Crippen molar-refractivity contribution < 1.29 is 19.7 Å². The van der Waals surface area contributed by atoms with Gasteiger partial charge in [-0.2, -0.15) is 0 Å². The van der Waals surface area contributed by atoms with Crippen LogP contribution in [-0.2, 0) is 6.54 Å². The number of rotatable bonds is 9. The van der Waals surface area contributed by atoms with E-state index in [4.69, 9.17) is 9.84 Å². The van der Waals surface area contributed by atoms with Crippen LogP contribution < -0.4 is 10.1 Å². The molecule has 0 unspecified atom stereocenters. The van der Waals surface area contributed by atoms with Crippen LogP contribution in [0.15, 0.2) is 54.6 Å².